The molecular weight excluding hydrogens is 390 g/mol. The second kappa shape index (κ2) is 9.26. The van der Waals surface area contributed by atoms with E-state index >= 15 is 0 Å². The largest absolute Gasteiger partial charge is 0.353 e. The van der Waals surface area contributed by atoms with Gasteiger partial charge < -0.3 is 10.2 Å². The predicted molar refractivity (Wildman–Crippen MR) is 113 cm³/mol. The number of carbonyl (C=O) groups is 2. The Kier molecular flexibility index (Phi) is 7.45. The molecule has 0 bridgehead atoms. The van der Waals surface area contributed by atoms with Crippen molar-refractivity contribution in [2.45, 2.75) is 58.4 Å². The van der Waals surface area contributed by atoms with E-state index in [-0.39, 0.29) is 28.7 Å². The fourth-order valence-corrected chi connectivity index (χ4v) is 4.44. The van der Waals surface area contributed by atoms with Gasteiger partial charge in [-0.2, -0.15) is 0 Å². The number of piperidine rings is 1. The minimum absolute atomic E-state index is 0.0480. The van der Waals surface area contributed by atoms with Gasteiger partial charge in [-0.1, -0.05) is 13.8 Å². The van der Waals surface area contributed by atoms with Crippen LogP contribution in [0.5, 0.6) is 0 Å². The van der Waals surface area contributed by atoms with E-state index < -0.39 is 10.0 Å². The van der Waals surface area contributed by atoms with Crippen LogP contribution in [0.15, 0.2) is 17.0 Å². The number of rotatable bonds is 6. The lowest BCUT2D eigenvalue weighted by atomic mass is 9.94. The monoisotopic (exact) mass is 423 g/mol. The molecule has 1 aliphatic rings. The first-order chi connectivity index (χ1) is 13.5. The molecule has 1 unspecified atom stereocenters. The van der Waals surface area contributed by atoms with Gasteiger partial charge in [-0.05, 0) is 69.8 Å². The Morgan fingerprint density at radius 3 is 2.21 bits per heavy atom. The van der Waals surface area contributed by atoms with Crippen LogP contribution in [-0.2, 0) is 14.8 Å². The summed E-state index contributed by atoms with van der Waals surface area (Å²) in [5, 5.41) is 3.05. The Morgan fingerprint density at radius 1 is 1.10 bits per heavy atom. The highest BCUT2D eigenvalue weighted by Gasteiger charge is 2.29. The Morgan fingerprint density at radius 2 is 1.69 bits per heavy atom. The summed E-state index contributed by atoms with van der Waals surface area (Å²) in [4.78, 5) is 27.3. The summed E-state index contributed by atoms with van der Waals surface area (Å²) in [6, 6.07) is 3.29. The van der Waals surface area contributed by atoms with E-state index in [1.54, 1.807) is 24.8 Å². The van der Waals surface area contributed by atoms with Gasteiger partial charge in [-0.15, -0.1) is 0 Å². The molecule has 1 saturated heterocycles. The van der Waals surface area contributed by atoms with Crippen molar-refractivity contribution in [1.29, 1.82) is 0 Å². The van der Waals surface area contributed by atoms with Crippen LogP contribution >= 0.6 is 0 Å². The average Bonchev–Trinajstić information content (AvgIpc) is 2.69. The molecule has 1 atom stereocenters. The van der Waals surface area contributed by atoms with E-state index in [0.29, 0.717) is 43.0 Å². The first-order valence-electron chi connectivity index (χ1n) is 10.1. The van der Waals surface area contributed by atoms with Gasteiger partial charge in [0.15, 0.2) is 0 Å². The molecule has 2 amide bonds. The van der Waals surface area contributed by atoms with Crippen molar-refractivity contribution in [3.05, 3.63) is 28.8 Å². The zero-order chi connectivity index (χ0) is 21.9. The predicted octanol–water partition coefficient (Wildman–Crippen LogP) is 2.22. The SMILES string of the molecule is CNS(=O)(=O)c1cc(C(=O)N2CCC(C(=O)NC(C)C(C)C)CC2)cc(C)c1C. The van der Waals surface area contributed by atoms with E-state index in [4.69, 9.17) is 0 Å². The lowest BCUT2D eigenvalue weighted by Crippen LogP contribution is -2.45. The highest BCUT2D eigenvalue weighted by atomic mass is 32.2. The van der Waals surface area contributed by atoms with E-state index in [1.165, 1.54) is 13.1 Å². The number of nitrogens with zero attached hydrogens (tertiary/aromatic N) is 1. The number of amides is 2. The van der Waals surface area contributed by atoms with Gasteiger partial charge >= 0.3 is 0 Å². The summed E-state index contributed by atoms with van der Waals surface area (Å²) in [5.74, 6) is 0.121. The van der Waals surface area contributed by atoms with Gasteiger partial charge in [0, 0.05) is 30.6 Å². The summed E-state index contributed by atoms with van der Waals surface area (Å²) in [5.41, 5.74) is 1.74. The molecule has 1 aromatic rings. The van der Waals surface area contributed by atoms with Crippen LogP contribution in [0.2, 0.25) is 0 Å². The van der Waals surface area contributed by atoms with E-state index in [2.05, 4.69) is 23.9 Å². The fraction of sp³-hybridized carbons (Fsp3) is 0.619. The van der Waals surface area contributed by atoms with Crippen molar-refractivity contribution in [2.24, 2.45) is 11.8 Å². The topological polar surface area (TPSA) is 95.6 Å². The van der Waals surface area contributed by atoms with E-state index in [9.17, 15) is 18.0 Å². The molecule has 8 heteroatoms. The summed E-state index contributed by atoms with van der Waals surface area (Å²) in [6.07, 6.45) is 1.21. The highest BCUT2D eigenvalue weighted by molar-refractivity contribution is 7.89. The van der Waals surface area contributed by atoms with Gasteiger partial charge in [0.05, 0.1) is 4.90 Å². The first kappa shape index (κ1) is 23.3. The van der Waals surface area contributed by atoms with Crippen LogP contribution in [0, 0.1) is 25.7 Å². The first-order valence-corrected chi connectivity index (χ1v) is 11.6. The number of carbonyl (C=O) groups excluding carboxylic acids is 2. The van der Waals surface area contributed by atoms with Crippen molar-refractivity contribution in [3.8, 4) is 0 Å². The number of aryl methyl sites for hydroxylation is 1. The van der Waals surface area contributed by atoms with Crippen LogP contribution < -0.4 is 10.0 Å². The normalized spacial score (nSPS) is 16.7. The molecule has 0 spiro atoms. The van der Waals surface area contributed by atoms with Crippen LogP contribution in [0.1, 0.15) is 55.1 Å². The molecule has 162 valence electrons. The van der Waals surface area contributed by atoms with Crippen molar-refractivity contribution in [2.75, 3.05) is 20.1 Å². The number of hydrogen-bond donors (Lipinski definition) is 2. The minimum atomic E-state index is -3.65. The third kappa shape index (κ3) is 5.36. The molecule has 1 fully saturated rings. The average molecular weight is 424 g/mol. The van der Waals surface area contributed by atoms with Gasteiger partial charge in [-0.25, -0.2) is 13.1 Å². The Bertz CT molecular complexity index is 872. The van der Waals surface area contributed by atoms with Crippen LogP contribution in [-0.4, -0.2) is 51.3 Å². The minimum Gasteiger partial charge on any atom is -0.353 e. The summed E-state index contributed by atoms with van der Waals surface area (Å²) >= 11 is 0. The highest BCUT2D eigenvalue weighted by Crippen LogP contribution is 2.24. The van der Waals surface area contributed by atoms with Crippen molar-refractivity contribution >= 4 is 21.8 Å². The smallest absolute Gasteiger partial charge is 0.253 e. The summed E-state index contributed by atoms with van der Waals surface area (Å²) < 4.78 is 26.9. The summed E-state index contributed by atoms with van der Waals surface area (Å²) in [6.45, 7) is 10.6. The van der Waals surface area contributed by atoms with E-state index in [1.807, 2.05) is 6.92 Å². The van der Waals surface area contributed by atoms with Gasteiger partial charge in [0.1, 0.15) is 0 Å². The molecule has 0 saturated carbocycles. The van der Waals surface area contributed by atoms with Crippen LogP contribution in [0.4, 0.5) is 0 Å². The molecule has 1 heterocycles. The number of sulfonamides is 1. The maximum absolute atomic E-state index is 13.0. The maximum Gasteiger partial charge on any atom is 0.253 e. The molecule has 29 heavy (non-hydrogen) atoms. The van der Waals surface area contributed by atoms with Crippen LogP contribution in [0.25, 0.3) is 0 Å². The number of likely N-dealkylation sites (tertiary alicyclic amines) is 1. The second-order valence-electron chi connectivity index (χ2n) is 8.23. The zero-order valence-electron chi connectivity index (χ0n) is 18.2. The molecule has 2 N–H and O–H groups in total. The van der Waals surface area contributed by atoms with Gasteiger partial charge in [0.2, 0.25) is 15.9 Å². The molecule has 0 aromatic heterocycles. The number of benzene rings is 1. The van der Waals surface area contributed by atoms with Crippen molar-refractivity contribution in [1.82, 2.24) is 14.9 Å². The molecule has 2 rings (SSSR count). The van der Waals surface area contributed by atoms with Gasteiger partial charge in [-0.3, -0.25) is 9.59 Å². The Balaban J connectivity index is 2.11. The third-order valence-electron chi connectivity index (χ3n) is 5.95. The molecule has 0 radical (unpaired) electrons. The number of hydrogen-bond acceptors (Lipinski definition) is 4. The second-order valence-corrected chi connectivity index (χ2v) is 10.1. The standard InChI is InChI=1S/C21H33N3O4S/c1-13(2)16(5)23-20(25)17-7-9-24(10-8-17)21(26)18-11-14(3)15(4)19(12-18)29(27,28)22-6/h11-13,16-17,22H,7-10H2,1-6H3,(H,23,25). The van der Waals surface area contributed by atoms with Crippen molar-refractivity contribution < 1.29 is 18.0 Å². The zero-order valence-corrected chi connectivity index (χ0v) is 19.0. The van der Waals surface area contributed by atoms with Crippen LogP contribution in [0.3, 0.4) is 0 Å². The summed E-state index contributed by atoms with van der Waals surface area (Å²) in [7, 11) is -2.29. The maximum atomic E-state index is 13.0. The Labute approximate surface area is 174 Å². The third-order valence-corrected chi connectivity index (χ3v) is 7.49. The van der Waals surface area contributed by atoms with Gasteiger partial charge in [0.25, 0.3) is 5.91 Å². The molecule has 1 aliphatic heterocycles. The van der Waals surface area contributed by atoms with Crippen molar-refractivity contribution in [3.63, 3.8) is 0 Å². The lowest BCUT2D eigenvalue weighted by Gasteiger charge is -2.32. The Hall–Kier alpha value is -1.93. The molecule has 7 nitrogen and oxygen atoms in total. The molecule has 1 aromatic carbocycles. The quantitative estimate of drug-likeness (QED) is 0.733. The molecular formula is C21H33N3O4S. The fourth-order valence-electron chi connectivity index (χ4n) is 3.38. The molecule has 0 aliphatic carbocycles. The number of nitrogens with one attached hydrogen (secondary N) is 2. The van der Waals surface area contributed by atoms with E-state index in [0.717, 1.165) is 5.56 Å². The lowest BCUT2D eigenvalue weighted by molar-refractivity contribution is -0.127.